The minimum atomic E-state index is -0.385. The van der Waals surface area contributed by atoms with E-state index in [1.807, 2.05) is 19.9 Å². The van der Waals surface area contributed by atoms with E-state index < -0.39 is 0 Å². The van der Waals surface area contributed by atoms with E-state index in [2.05, 4.69) is 26.6 Å². The third-order valence-corrected chi connectivity index (χ3v) is 4.04. The van der Waals surface area contributed by atoms with Crippen LogP contribution in [0.1, 0.15) is 37.0 Å². The molecule has 0 aliphatic carbocycles. The van der Waals surface area contributed by atoms with Gasteiger partial charge in [-0.15, -0.1) is 12.4 Å². The predicted molar refractivity (Wildman–Crippen MR) is 94.2 cm³/mol. The van der Waals surface area contributed by atoms with Gasteiger partial charge < -0.3 is 16.4 Å². The van der Waals surface area contributed by atoms with Crippen LogP contribution >= 0.6 is 28.3 Å². The van der Waals surface area contributed by atoms with Gasteiger partial charge in [-0.25, -0.2) is 0 Å². The SMILES string of the molecule is CCC(N)(CC)CNC(=O)CNC(=O)c1cccc(Br)c1.Cl. The maximum absolute atomic E-state index is 11.9. The van der Waals surface area contributed by atoms with Gasteiger partial charge in [-0.3, -0.25) is 9.59 Å². The quantitative estimate of drug-likeness (QED) is 0.665. The summed E-state index contributed by atoms with van der Waals surface area (Å²) in [5.41, 5.74) is 6.22. The topological polar surface area (TPSA) is 84.2 Å². The summed E-state index contributed by atoms with van der Waals surface area (Å²) in [7, 11) is 0. The van der Waals surface area contributed by atoms with E-state index in [0.29, 0.717) is 12.1 Å². The first-order valence-corrected chi connectivity index (χ1v) is 7.79. The summed E-state index contributed by atoms with van der Waals surface area (Å²) in [6, 6.07) is 6.99. The van der Waals surface area contributed by atoms with Crippen molar-refractivity contribution in [1.29, 1.82) is 0 Å². The number of carbonyl (C=O) groups is 2. The van der Waals surface area contributed by atoms with Crippen molar-refractivity contribution in [2.24, 2.45) is 5.73 Å². The Morgan fingerprint density at radius 3 is 2.41 bits per heavy atom. The Labute approximate surface area is 145 Å². The number of rotatable bonds is 7. The molecule has 0 fully saturated rings. The second-order valence-electron chi connectivity index (χ2n) is 5.04. The molecule has 0 aromatic heterocycles. The zero-order chi connectivity index (χ0) is 15.9. The van der Waals surface area contributed by atoms with Crippen LogP contribution in [0.5, 0.6) is 0 Å². The molecule has 1 aromatic rings. The molecular weight excluding hydrogens is 370 g/mol. The number of hydrogen-bond acceptors (Lipinski definition) is 3. The van der Waals surface area contributed by atoms with Crippen molar-refractivity contribution in [3.8, 4) is 0 Å². The molecule has 0 aliphatic heterocycles. The molecule has 7 heteroatoms. The Bertz CT molecular complexity index is 507. The highest BCUT2D eigenvalue weighted by atomic mass is 79.9. The predicted octanol–water partition coefficient (Wildman–Crippen LogP) is 2.23. The standard InChI is InChI=1S/C15H22BrN3O2.ClH/c1-3-15(17,4-2)10-19-13(20)9-18-14(21)11-6-5-7-12(16)8-11;/h5-8H,3-4,9-10,17H2,1-2H3,(H,18,21)(H,19,20);1H. The molecule has 0 heterocycles. The fraction of sp³-hybridized carbons (Fsp3) is 0.467. The molecule has 0 aliphatic rings. The van der Waals surface area contributed by atoms with Gasteiger partial charge in [-0.2, -0.15) is 0 Å². The van der Waals surface area contributed by atoms with Gasteiger partial charge in [0.1, 0.15) is 0 Å². The van der Waals surface area contributed by atoms with E-state index in [0.717, 1.165) is 17.3 Å². The third-order valence-electron chi connectivity index (χ3n) is 3.54. The number of carbonyl (C=O) groups excluding carboxylic acids is 2. The van der Waals surface area contributed by atoms with Crippen molar-refractivity contribution < 1.29 is 9.59 Å². The highest BCUT2D eigenvalue weighted by Gasteiger charge is 2.20. The Morgan fingerprint density at radius 2 is 1.86 bits per heavy atom. The zero-order valence-corrected chi connectivity index (χ0v) is 15.2. The van der Waals surface area contributed by atoms with Crippen LogP contribution in [0.25, 0.3) is 0 Å². The third kappa shape index (κ3) is 6.77. The van der Waals surface area contributed by atoms with Crippen LogP contribution < -0.4 is 16.4 Å². The number of amides is 2. The van der Waals surface area contributed by atoms with Crippen LogP contribution in [0, 0.1) is 0 Å². The second kappa shape index (κ2) is 9.82. The van der Waals surface area contributed by atoms with E-state index in [-0.39, 0.29) is 36.3 Å². The molecule has 5 nitrogen and oxygen atoms in total. The lowest BCUT2D eigenvalue weighted by Gasteiger charge is -2.26. The summed E-state index contributed by atoms with van der Waals surface area (Å²) >= 11 is 3.30. The van der Waals surface area contributed by atoms with Crippen LogP contribution in [0.15, 0.2) is 28.7 Å². The molecule has 0 bridgehead atoms. The number of benzene rings is 1. The van der Waals surface area contributed by atoms with Gasteiger partial charge in [0.15, 0.2) is 0 Å². The Balaban J connectivity index is 0.00000441. The lowest BCUT2D eigenvalue weighted by molar-refractivity contribution is -0.120. The summed E-state index contributed by atoms with van der Waals surface area (Å²) in [6.45, 7) is 4.33. The van der Waals surface area contributed by atoms with Gasteiger partial charge in [0, 0.05) is 22.1 Å². The molecule has 1 aromatic carbocycles. The Morgan fingerprint density at radius 1 is 1.23 bits per heavy atom. The fourth-order valence-corrected chi connectivity index (χ4v) is 2.13. The first-order chi connectivity index (χ1) is 9.90. The van der Waals surface area contributed by atoms with Gasteiger partial charge in [-0.05, 0) is 31.0 Å². The van der Waals surface area contributed by atoms with E-state index in [9.17, 15) is 9.59 Å². The molecule has 0 saturated carbocycles. The summed E-state index contributed by atoms with van der Waals surface area (Å²) in [4.78, 5) is 23.6. The summed E-state index contributed by atoms with van der Waals surface area (Å²) in [5.74, 6) is -0.522. The summed E-state index contributed by atoms with van der Waals surface area (Å²) in [6.07, 6.45) is 1.57. The van der Waals surface area contributed by atoms with Crippen molar-refractivity contribution >= 4 is 40.2 Å². The van der Waals surface area contributed by atoms with Crippen molar-refractivity contribution in [2.45, 2.75) is 32.2 Å². The van der Waals surface area contributed by atoms with Gasteiger partial charge >= 0.3 is 0 Å². The highest BCUT2D eigenvalue weighted by Crippen LogP contribution is 2.11. The first kappa shape index (κ1) is 20.9. The van der Waals surface area contributed by atoms with Crippen LogP contribution in [0.2, 0.25) is 0 Å². The molecule has 2 amide bonds. The maximum atomic E-state index is 11.9. The molecule has 0 unspecified atom stereocenters. The zero-order valence-electron chi connectivity index (χ0n) is 12.8. The van der Waals surface area contributed by atoms with E-state index in [1.54, 1.807) is 18.2 Å². The molecule has 0 atom stereocenters. The number of nitrogens with two attached hydrogens (primary N) is 1. The van der Waals surface area contributed by atoms with E-state index >= 15 is 0 Å². The van der Waals surface area contributed by atoms with E-state index in [4.69, 9.17) is 5.73 Å². The molecule has 22 heavy (non-hydrogen) atoms. The smallest absolute Gasteiger partial charge is 0.251 e. The van der Waals surface area contributed by atoms with Gasteiger partial charge in [-0.1, -0.05) is 35.8 Å². The van der Waals surface area contributed by atoms with Crippen molar-refractivity contribution in [1.82, 2.24) is 10.6 Å². The normalized spacial score (nSPS) is 10.5. The maximum Gasteiger partial charge on any atom is 0.251 e. The molecule has 1 rings (SSSR count). The van der Waals surface area contributed by atoms with Crippen molar-refractivity contribution in [3.63, 3.8) is 0 Å². The fourth-order valence-electron chi connectivity index (χ4n) is 1.73. The largest absolute Gasteiger partial charge is 0.353 e. The summed E-state index contributed by atoms with van der Waals surface area (Å²) in [5, 5.41) is 5.34. The summed E-state index contributed by atoms with van der Waals surface area (Å²) < 4.78 is 0.818. The number of hydrogen-bond donors (Lipinski definition) is 3. The van der Waals surface area contributed by atoms with Gasteiger partial charge in [0.05, 0.1) is 6.54 Å². The van der Waals surface area contributed by atoms with Gasteiger partial charge in [0.2, 0.25) is 5.91 Å². The molecule has 0 spiro atoms. The van der Waals surface area contributed by atoms with Crippen LogP contribution in [-0.4, -0.2) is 30.4 Å². The lowest BCUT2D eigenvalue weighted by atomic mass is 9.94. The average Bonchev–Trinajstić information content (AvgIpc) is 2.50. The average molecular weight is 393 g/mol. The van der Waals surface area contributed by atoms with Crippen LogP contribution in [0.3, 0.4) is 0 Å². The van der Waals surface area contributed by atoms with Crippen molar-refractivity contribution in [3.05, 3.63) is 34.3 Å². The van der Waals surface area contributed by atoms with Gasteiger partial charge in [0.25, 0.3) is 5.91 Å². The minimum Gasteiger partial charge on any atom is -0.353 e. The Kier molecular flexibility index (Phi) is 9.32. The molecule has 4 N–H and O–H groups in total. The molecule has 0 saturated heterocycles. The molecular formula is C15H23BrClN3O2. The van der Waals surface area contributed by atoms with Crippen LogP contribution in [-0.2, 0) is 4.79 Å². The Hall–Kier alpha value is -1.11. The van der Waals surface area contributed by atoms with Crippen molar-refractivity contribution in [2.75, 3.05) is 13.1 Å². The second-order valence-corrected chi connectivity index (χ2v) is 5.95. The van der Waals surface area contributed by atoms with Crippen LogP contribution in [0.4, 0.5) is 0 Å². The lowest BCUT2D eigenvalue weighted by Crippen LogP contribution is -2.50. The molecule has 124 valence electrons. The number of nitrogens with one attached hydrogen (secondary N) is 2. The highest BCUT2D eigenvalue weighted by molar-refractivity contribution is 9.10. The minimum absolute atomic E-state index is 0. The number of halogens is 2. The molecule has 0 radical (unpaired) electrons. The first-order valence-electron chi connectivity index (χ1n) is 6.99. The monoisotopic (exact) mass is 391 g/mol. The van der Waals surface area contributed by atoms with E-state index in [1.165, 1.54) is 0 Å².